The summed E-state index contributed by atoms with van der Waals surface area (Å²) < 4.78 is 35.7. The van der Waals surface area contributed by atoms with Gasteiger partial charge in [0.15, 0.2) is 5.75 Å². The molecule has 0 heterocycles. The maximum absolute atomic E-state index is 11.3. The molecule has 22 heavy (non-hydrogen) atoms. The van der Waals surface area contributed by atoms with Gasteiger partial charge in [-0.15, -0.1) is 0 Å². The summed E-state index contributed by atoms with van der Waals surface area (Å²) in [5.74, 6) is -1.54. The first-order valence-corrected chi connectivity index (χ1v) is 10.7. The number of aromatic carboxylic acids is 1. The van der Waals surface area contributed by atoms with Crippen LogP contribution in [0.15, 0.2) is 18.2 Å². The van der Waals surface area contributed by atoms with Crippen molar-refractivity contribution >= 4 is 29.6 Å². The van der Waals surface area contributed by atoms with Gasteiger partial charge < -0.3 is 10.7 Å². The molecular weight excluding hydrogens is 319 g/mol. The van der Waals surface area contributed by atoms with Gasteiger partial charge in [0.25, 0.3) is 0 Å². The molecule has 6 nitrogen and oxygen atoms in total. The van der Waals surface area contributed by atoms with Gasteiger partial charge in [-0.3, -0.25) is 4.55 Å². The fourth-order valence-corrected chi connectivity index (χ4v) is 6.86. The molecule has 0 amide bonds. The van der Waals surface area contributed by atoms with Crippen LogP contribution in [0.25, 0.3) is 0 Å². The van der Waals surface area contributed by atoms with Gasteiger partial charge in [-0.05, 0) is 11.3 Å². The van der Waals surface area contributed by atoms with Gasteiger partial charge >= 0.3 is 35.2 Å². The summed E-state index contributed by atoms with van der Waals surface area (Å²) in [6.45, 7) is 6.01. The van der Waals surface area contributed by atoms with Crippen molar-refractivity contribution in [2.75, 3.05) is 0 Å². The number of carboxylic acids is 1. The number of para-hydroxylation sites is 1. The molecule has 0 spiro atoms. The molecule has 1 aromatic rings. The molecule has 0 fully saturated rings. The fourth-order valence-electron chi connectivity index (χ4n) is 2.64. The zero-order chi connectivity index (χ0) is 16.3. The number of benzene rings is 1. The van der Waals surface area contributed by atoms with E-state index in [2.05, 4.69) is 4.18 Å². The second kappa shape index (κ2) is 8.17. The summed E-state index contributed by atoms with van der Waals surface area (Å²) in [5, 5.41) is 9.85. The zero-order valence-electron chi connectivity index (χ0n) is 14.3. The van der Waals surface area contributed by atoms with Crippen LogP contribution in [0.1, 0.15) is 32.6 Å². The standard InChI is InChI=1S/C13H20O6SSi.Li.H/c1-4-21(5-2,6-3)11-9-7-8-10(13(14)15)12(11)19-20(16,17)18;;/h7-9H,4-6H2,1-3H3,(H,14,15)(H,16,17,18);;/q;+1;-1. The van der Waals surface area contributed by atoms with Gasteiger partial charge in [0, 0.05) is 0 Å². The number of carboxylic acid groups (broad SMARTS) is 1. The van der Waals surface area contributed by atoms with E-state index in [1.165, 1.54) is 6.07 Å². The third-order valence-electron chi connectivity index (χ3n) is 4.04. The molecule has 0 aliphatic heterocycles. The first-order valence-electron chi connectivity index (χ1n) is 6.74. The van der Waals surface area contributed by atoms with E-state index in [-0.39, 0.29) is 31.6 Å². The molecule has 9 heteroatoms. The fraction of sp³-hybridized carbons (Fsp3) is 0.462. The number of rotatable bonds is 7. The summed E-state index contributed by atoms with van der Waals surface area (Å²) in [7, 11) is -6.86. The summed E-state index contributed by atoms with van der Waals surface area (Å²) in [6, 6.07) is 7.03. The van der Waals surface area contributed by atoms with Crippen LogP contribution < -0.4 is 28.2 Å². The number of carbonyl (C=O) groups is 1. The third-order valence-corrected chi connectivity index (χ3v) is 10.0. The van der Waals surface area contributed by atoms with E-state index in [1.807, 2.05) is 20.8 Å². The minimum atomic E-state index is -4.78. The minimum absolute atomic E-state index is 0. The van der Waals surface area contributed by atoms with Crippen LogP contribution in [-0.2, 0) is 10.4 Å². The van der Waals surface area contributed by atoms with E-state index in [4.69, 9.17) is 4.55 Å². The van der Waals surface area contributed by atoms with Crippen molar-refractivity contribution in [2.45, 2.75) is 38.9 Å². The monoisotopic (exact) mass is 340 g/mol. The van der Waals surface area contributed by atoms with Crippen molar-refractivity contribution < 1.29 is 47.3 Å². The molecule has 0 saturated heterocycles. The number of hydrogen-bond donors (Lipinski definition) is 2. The minimum Gasteiger partial charge on any atom is -1.00 e. The summed E-state index contributed by atoms with van der Waals surface area (Å²) in [5.41, 5.74) is -0.252. The van der Waals surface area contributed by atoms with Gasteiger partial charge in [-0.1, -0.05) is 51.0 Å². The van der Waals surface area contributed by atoms with Crippen molar-refractivity contribution in [2.24, 2.45) is 0 Å². The van der Waals surface area contributed by atoms with Crippen LogP contribution in [0.2, 0.25) is 18.1 Å². The van der Waals surface area contributed by atoms with Crippen LogP contribution in [0, 0.1) is 0 Å². The summed E-state index contributed by atoms with van der Waals surface area (Å²) in [4.78, 5) is 11.3. The summed E-state index contributed by atoms with van der Waals surface area (Å²) in [6.07, 6.45) is 0. The van der Waals surface area contributed by atoms with Crippen LogP contribution in [-0.4, -0.2) is 32.1 Å². The topological polar surface area (TPSA) is 101 Å². The van der Waals surface area contributed by atoms with E-state index in [1.54, 1.807) is 12.1 Å². The maximum Gasteiger partial charge on any atom is 1.00 e. The Kier molecular flexibility index (Phi) is 7.88. The molecule has 120 valence electrons. The van der Waals surface area contributed by atoms with E-state index in [0.29, 0.717) is 5.19 Å². The predicted octanol–water partition coefficient (Wildman–Crippen LogP) is -0.602. The second-order valence-electron chi connectivity index (χ2n) is 4.84. The van der Waals surface area contributed by atoms with E-state index in [9.17, 15) is 18.3 Å². The Morgan fingerprint density at radius 1 is 1.23 bits per heavy atom. The quantitative estimate of drug-likeness (QED) is 0.508. The van der Waals surface area contributed by atoms with E-state index >= 15 is 0 Å². The molecule has 2 N–H and O–H groups in total. The van der Waals surface area contributed by atoms with Crippen LogP contribution >= 0.6 is 0 Å². The molecule has 0 radical (unpaired) electrons. The van der Waals surface area contributed by atoms with Gasteiger partial charge in [0.05, 0.1) is 8.07 Å². The Balaban J connectivity index is 0. The largest absolute Gasteiger partial charge is 1.00 e. The van der Waals surface area contributed by atoms with E-state index in [0.717, 1.165) is 18.1 Å². The molecule has 0 saturated carbocycles. The van der Waals surface area contributed by atoms with Crippen LogP contribution in [0.5, 0.6) is 5.75 Å². The summed E-state index contributed by atoms with van der Waals surface area (Å²) >= 11 is 0. The van der Waals surface area contributed by atoms with Crippen molar-refractivity contribution in [3.63, 3.8) is 0 Å². The third kappa shape index (κ3) is 4.60. The van der Waals surface area contributed by atoms with Crippen molar-refractivity contribution in [1.82, 2.24) is 0 Å². The van der Waals surface area contributed by atoms with E-state index < -0.39 is 24.4 Å². The second-order valence-corrected chi connectivity index (χ2v) is 11.1. The molecule has 0 aliphatic carbocycles. The smallest absolute Gasteiger partial charge is 1.00 e. The Hall–Kier alpha value is -0.786. The first kappa shape index (κ1) is 21.2. The average molecular weight is 340 g/mol. The van der Waals surface area contributed by atoms with Crippen LogP contribution in [0.4, 0.5) is 0 Å². The molecule has 0 aromatic heterocycles. The average Bonchev–Trinajstić information content (AvgIpc) is 2.40. The molecule has 0 bridgehead atoms. The van der Waals surface area contributed by atoms with Gasteiger partial charge in [0.2, 0.25) is 0 Å². The molecular formula is C13H21LiO6SSi. The van der Waals surface area contributed by atoms with Crippen LogP contribution in [0.3, 0.4) is 0 Å². The van der Waals surface area contributed by atoms with Gasteiger partial charge in [-0.2, -0.15) is 8.42 Å². The van der Waals surface area contributed by atoms with Crippen molar-refractivity contribution in [3.05, 3.63) is 23.8 Å². The maximum atomic E-state index is 11.3. The van der Waals surface area contributed by atoms with Crippen molar-refractivity contribution in [1.29, 1.82) is 0 Å². The Morgan fingerprint density at radius 3 is 2.09 bits per heavy atom. The van der Waals surface area contributed by atoms with Gasteiger partial charge in [-0.25, -0.2) is 4.79 Å². The molecule has 1 aromatic carbocycles. The Morgan fingerprint density at radius 2 is 1.73 bits per heavy atom. The SMILES string of the molecule is CC[Si](CC)(CC)c1cccc(C(=O)O)c1OS(=O)(=O)O.[H-].[Li+]. The number of hydrogen-bond acceptors (Lipinski definition) is 4. The predicted molar refractivity (Wildman–Crippen MR) is 83.5 cm³/mol. The Labute approximate surface area is 145 Å². The zero-order valence-corrected chi connectivity index (χ0v) is 15.1. The normalized spacial score (nSPS) is 11.6. The van der Waals surface area contributed by atoms with Crippen molar-refractivity contribution in [3.8, 4) is 5.75 Å². The van der Waals surface area contributed by atoms with Gasteiger partial charge in [0.1, 0.15) is 5.56 Å². The molecule has 1 rings (SSSR count). The first-order chi connectivity index (χ1) is 9.70. The Bertz CT molecular complexity index is 625. The molecule has 0 unspecified atom stereocenters. The molecule has 0 atom stereocenters. The molecule has 0 aliphatic rings.